The fourth-order valence-electron chi connectivity index (χ4n) is 3.44. The molecule has 4 rings (SSSR count). The molecule has 0 aliphatic rings. The van der Waals surface area contributed by atoms with Gasteiger partial charge in [-0.25, -0.2) is 32.3 Å². The molecule has 0 radical (unpaired) electrons. The summed E-state index contributed by atoms with van der Waals surface area (Å²) in [6, 6.07) is 9.11. The Kier molecular flexibility index (Phi) is 8.17. The number of halogens is 3. The largest absolute Gasteiger partial charge is 0.354 e. The molecule has 2 N–H and O–H groups in total. The third-order valence-corrected chi connectivity index (χ3v) is 8.04. The molecule has 4 aromatic rings. The van der Waals surface area contributed by atoms with Gasteiger partial charge in [0, 0.05) is 23.7 Å². The SMILES string of the molecule is CC(C)CNc1nccc(-c2sc(C(C)(C)C)nc2-c2ccc(F)c(NS(=O)c3c(F)cccc3F)c2)n1. The van der Waals surface area contributed by atoms with Gasteiger partial charge in [-0.3, -0.25) is 4.72 Å². The molecule has 0 saturated carbocycles. The van der Waals surface area contributed by atoms with Crippen LogP contribution in [0.15, 0.2) is 53.6 Å². The second-order valence-corrected chi connectivity index (χ2v) is 12.3. The zero-order chi connectivity index (χ0) is 27.6. The molecule has 1 unspecified atom stereocenters. The summed E-state index contributed by atoms with van der Waals surface area (Å²) in [6.45, 7) is 11.0. The van der Waals surface area contributed by atoms with Gasteiger partial charge in [0.05, 0.1) is 27.0 Å². The number of aromatic nitrogens is 3. The van der Waals surface area contributed by atoms with Crippen molar-refractivity contribution in [2.24, 2.45) is 5.92 Å². The Hall–Kier alpha value is -3.31. The molecule has 0 fully saturated rings. The van der Waals surface area contributed by atoms with Crippen LogP contribution < -0.4 is 10.0 Å². The van der Waals surface area contributed by atoms with Crippen molar-refractivity contribution in [3.8, 4) is 21.8 Å². The van der Waals surface area contributed by atoms with E-state index < -0.39 is 33.3 Å². The first-order valence-corrected chi connectivity index (χ1v) is 13.9. The molecule has 0 aliphatic carbocycles. The van der Waals surface area contributed by atoms with E-state index in [1.54, 1.807) is 18.3 Å². The smallest absolute Gasteiger partial charge is 0.223 e. The molecule has 1 atom stereocenters. The summed E-state index contributed by atoms with van der Waals surface area (Å²) in [5.41, 5.74) is 1.28. The molecule has 200 valence electrons. The fraction of sp³-hybridized carbons (Fsp3) is 0.296. The van der Waals surface area contributed by atoms with Gasteiger partial charge in [-0.05, 0) is 42.3 Å². The predicted molar refractivity (Wildman–Crippen MR) is 147 cm³/mol. The van der Waals surface area contributed by atoms with E-state index in [4.69, 9.17) is 4.98 Å². The van der Waals surface area contributed by atoms with Crippen molar-refractivity contribution in [3.05, 3.63) is 71.1 Å². The minimum atomic E-state index is -2.38. The van der Waals surface area contributed by atoms with E-state index >= 15 is 0 Å². The summed E-state index contributed by atoms with van der Waals surface area (Å²) >= 11 is 1.47. The average molecular weight is 560 g/mol. The van der Waals surface area contributed by atoms with Crippen LogP contribution in [0.5, 0.6) is 0 Å². The summed E-state index contributed by atoms with van der Waals surface area (Å²) in [5.74, 6) is -1.82. The summed E-state index contributed by atoms with van der Waals surface area (Å²) < 4.78 is 58.2. The summed E-state index contributed by atoms with van der Waals surface area (Å²) in [4.78, 5) is 13.9. The maximum Gasteiger partial charge on any atom is 0.223 e. The highest BCUT2D eigenvalue weighted by atomic mass is 32.2. The molecule has 0 saturated heterocycles. The van der Waals surface area contributed by atoms with Crippen molar-refractivity contribution >= 4 is 34.0 Å². The molecular formula is C27H28F3N5OS2. The van der Waals surface area contributed by atoms with Crippen LogP contribution >= 0.6 is 11.3 Å². The minimum Gasteiger partial charge on any atom is -0.354 e. The normalized spacial score (nSPS) is 12.6. The van der Waals surface area contributed by atoms with Gasteiger partial charge in [0.15, 0.2) is 11.0 Å². The Balaban J connectivity index is 1.76. The number of rotatable bonds is 8. The van der Waals surface area contributed by atoms with Crippen molar-refractivity contribution in [1.82, 2.24) is 15.0 Å². The summed E-state index contributed by atoms with van der Waals surface area (Å²) in [7, 11) is -2.38. The first kappa shape index (κ1) is 27.7. The molecule has 11 heteroatoms. The number of nitrogens with one attached hydrogen (secondary N) is 2. The lowest BCUT2D eigenvalue weighted by Crippen LogP contribution is -2.11. The van der Waals surface area contributed by atoms with Crippen LogP contribution in [-0.4, -0.2) is 25.7 Å². The van der Waals surface area contributed by atoms with E-state index in [0.717, 1.165) is 22.0 Å². The number of hydrogen-bond donors (Lipinski definition) is 2. The second-order valence-electron chi connectivity index (χ2n) is 10.1. The van der Waals surface area contributed by atoms with Gasteiger partial charge in [0.25, 0.3) is 0 Å². The molecular weight excluding hydrogens is 531 g/mol. The van der Waals surface area contributed by atoms with Crippen LogP contribution in [0.25, 0.3) is 21.8 Å². The lowest BCUT2D eigenvalue weighted by molar-refractivity contribution is 0.535. The maximum absolute atomic E-state index is 14.8. The monoisotopic (exact) mass is 559 g/mol. The third-order valence-electron chi connectivity index (χ3n) is 5.37. The van der Waals surface area contributed by atoms with Gasteiger partial charge < -0.3 is 5.32 Å². The standard InChI is InChI=1S/C27H28F3N5OS2/c1-15(2)14-32-26-31-12-11-20(33-26)23-22(34-25(37-23)27(3,4)5)16-9-10-17(28)21(13-16)35-38(36)24-18(29)7-6-8-19(24)30/h6-13,15,35H,14H2,1-5H3,(H,31,32,33). The quantitative estimate of drug-likeness (QED) is 0.239. The van der Waals surface area contributed by atoms with Crippen LogP contribution in [0.4, 0.5) is 24.8 Å². The highest BCUT2D eigenvalue weighted by molar-refractivity contribution is 7.86. The lowest BCUT2D eigenvalue weighted by Gasteiger charge is -2.13. The Morgan fingerprint density at radius 1 is 1.00 bits per heavy atom. The van der Waals surface area contributed by atoms with Crippen LogP contribution in [0, 0.1) is 23.4 Å². The lowest BCUT2D eigenvalue weighted by atomic mass is 9.98. The molecule has 0 bridgehead atoms. The summed E-state index contributed by atoms with van der Waals surface area (Å²) in [6.07, 6.45) is 1.66. The van der Waals surface area contributed by atoms with Gasteiger partial charge in [-0.2, -0.15) is 0 Å². The number of nitrogens with zero attached hydrogens (tertiary/aromatic N) is 3. The van der Waals surface area contributed by atoms with Crippen molar-refractivity contribution in [1.29, 1.82) is 0 Å². The van der Waals surface area contributed by atoms with Gasteiger partial charge in [0.1, 0.15) is 22.3 Å². The average Bonchev–Trinajstić information content (AvgIpc) is 3.30. The first-order valence-electron chi connectivity index (χ1n) is 11.9. The van der Waals surface area contributed by atoms with Gasteiger partial charge in [-0.15, -0.1) is 11.3 Å². The summed E-state index contributed by atoms with van der Waals surface area (Å²) in [5, 5.41) is 4.06. The zero-order valence-corrected chi connectivity index (χ0v) is 23.2. The molecule has 0 spiro atoms. The molecule has 2 heterocycles. The van der Waals surface area contributed by atoms with Crippen LogP contribution in [0.3, 0.4) is 0 Å². The van der Waals surface area contributed by atoms with E-state index in [9.17, 15) is 17.4 Å². The Morgan fingerprint density at radius 2 is 1.71 bits per heavy atom. The highest BCUT2D eigenvalue weighted by Gasteiger charge is 2.25. The van der Waals surface area contributed by atoms with Crippen LogP contribution in [-0.2, 0) is 16.4 Å². The van der Waals surface area contributed by atoms with E-state index in [1.807, 2.05) is 20.8 Å². The number of thiazole rings is 1. The molecule has 2 aromatic carbocycles. The Labute approximate surface area is 226 Å². The van der Waals surface area contributed by atoms with Crippen molar-refractivity contribution in [2.45, 2.75) is 44.9 Å². The van der Waals surface area contributed by atoms with Gasteiger partial charge >= 0.3 is 0 Å². The predicted octanol–water partition coefficient (Wildman–Crippen LogP) is 7.18. The third kappa shape index (κ3) is 6.21. The van der Waals surface area contributed by atoms with Crippen molar-refractivity contribution < 1.29 is 17.4 Å². The van der Waals surface area contributed by atoms with E-state index in [1.165, 1.54) is 29.5 Å². The number of hydrogen-bond acceptors (Lipinski definition) is 6. The Bertz CT molecular complexity index is 1460. The zero-order valence-electron chi connectivity index (χ0n) is 21.6. The van der Waals surface area contributed by atoms with Crippen molar-refractivity contribution in [3.63, 3.8) is 0 Å². The topological polar surface area (TPSA) is 79.8 Å². The Morgan fingerprint density at radius 3 is 2.37 bits per heavy atom. The molecule has 0 aliphatic heterocycles. The molecule has 38 heavy (non-hydrogen) atoms. The van der Waals surface area contributed by atoms with Gasteiger partial charge in [-0.1, -0.05) is 40.7 Å². The first-order chi connectivity index (χ1) is 17.9. The highest BCUT2D eigenvalue weighted by Crippen LogP contribution is 2.41. The van der Waals surface area contributed by atoms with E-state index in [-0.39, 0.29) is 11.1 Å². The maximum atomic E-state index is 14.8. The minimum absolute atomic E-state index is 0.179. The molecule has 6 nitrogen and oxygen atoms in total. The van der Waals surface area contributed by atoms with Crippen molar-refractivity contribution in [2.75, 3.05) is 16.6 Å². The number of benzene rings is 2. The van der Waals surface area contributed by atoms with E-state index in [0.29, 0.717) is 35.4 Å². The number of anilines is 2. The van der Waals surface area contributed by atoms with Crippen LogP contribution in [0.2, 0.25) is 0 Å². The van der Waals surface area contributed by atoms with Gasteiger partial charge in [0.2, 0.25) is 5.95 Å². The molecule has 2 aromatic heterocycles. The molecule has 0 amide bonds. The van der Waals surface area contributed by atoms with Crippen LogP contribution in [0.1, 0.15) is 39.6 Å². The fourth-order valence-corrected chi connectivity index (χ4v) is 5.50. The van der Waals surface area contributed by atoms with E-state index in [2.05, 4.69) is 33.9 Å². The second kappa shape index (κ2) is 11.2.